The number of amides is 1. The minimum Gasteiger partial charge on any atom is -0.378 e. The molecule has 5 heteroatoms. The van der Waals surface area contributed by atoms with Gasteiger partial charge in [0.1, 0.15) is 0 Å². The average Bonchev–Trinajstić information content (AvgIpc) is 2.40. The molecule has 2 aliphatic rings. The van der Waals surface area contributed by atoms with Crippen molar-refractivity contribution in [2.75, 3.05) is 26.3 Å². The van der Waals surface area contributed by atoms with Gasteiger partial charge in [-0.2, -0.15) is 0 Å². The molecule has 2 rings (SSSR count). The number of hydrogen-bond acceptors (Lipinski definition) is 4. The van der Waals surface area contributed by atoms with Gasteiger partial charge in [-0.3, -0.25) is 4.79 Å². The molecule has 0 aromatic heterocycles. The highest BCUT2D eigenvalue weighted by molar-refractivity contribution is 5.76. The Bertz CT molecular complexity index is 277. The molecule has 2 saturated heterocycles. The molecule has 0 radical (unpaired) electrons. The quantitative estimate of drug-likeness (QED) is 0.799. The Morgan fingerprint density at radius 1 is 1.39 bits per heavy atom. The lowest BCUT2D eigenvalue weighted by Crippen LogP contribution is -2.51. The second-order valence-electron chi connectivity index (χ2n) is 5.30. The van der Waals surface area contributed by atoms with Gasteiger partial charge >= 0.3 is 0 Å². The Labute approximate surface area is 109 Å². The van der Waals surface area contributed by atoms with Gasteiger partial charge in [-0.05, 0) is 26.2 Å². The fourth-order valence-electron chi connectivity index (χ4n) is 2.51. The van der Waals surface area contributed by atoms with Gasteiger partial charge in [0.25, 0.3) is 0 Å². The lowest BCUT2D eigenvalue weighted by atomic mass is 10.1. The van der Waals surface area contributed by atoms with Gasteiger partial charge in [0.15, 0.2) is 0 Å². The molecular weight excluding hydrogens is 232 g/mol. The summed E-state index contributed by atoms with van der Waals surface area (Å²) in [6.45, 7) is 4.59. The second kappa shape index (κ2) is 6.50. The molecule has 2 N–H and O–H groups in total. The normalized spacial score (nSPS) is 31.1. The van der Waals surface area contributed by atoms with Crippen LogP contribution in [0.25, 0.3) is 0 Å². The molecule has 0 bridgehead atoms. The molecule has 0 saturated carbocycles. The SMILES string of the molecule is CC(N)C1CN(C(=O)CC2CCCCO2)CCO1. The molecule has 2 aliphatic heterocycles. The Balaban J connectivity index is 1.80. The number of carbonyl (C=O) groups is 1. The fourth-order valence-corrected chi connectivity index (χ4v) is 2.51. The first kappa shape index (κ1) is 13.8. The Morgan fingerprint density at radius 2 is 2.22 bits per heavy atom. The summed E-state index contributed by atoms with van der Waals surface area (Å²) < 4.78 is 11.2. The van der Waals surface area contributed by atoms with Gasteiger partial charge in [0, 0.05) is 25.7 Å². The topological polar surface area (TPSA) is 64.8 Å². The second-order valence-corrected chi connectivity index (χ2v) is 5.30. The summed E-state index contributed by atoms with van der Waals surface area (Å²) >= 11 is 0. The molecule has 2 heterocycles. The molecule has 0 aromatic carbocycles. The van der Waals surface area contributed by atoms with E-state index in [1.807, 2.05) is 11.8 Å². The maximum atomic E-state index is 12.2. The van der Waals surface area contributed by atoms with E-state index in [1.54, 1.807) is 0 Å². The molecule has 1 amide bonds. The third-order valence-electron chi connectivity index (χ3n) is 3.71. The maximum Gasteiger partial charge on any atom is 0.225 e. The molecule has 0 aliphatic carbocycles. The zero-order chi connectivity index (χ0) is 13.0. The van der Waals surface area contributed by atoms with Crippen molar-refractivity contribution in [2.45, 2.75) is 50.9 Å². The molecule has 104 valence electrons. The molecule has 2 fully saturated rings. The Morgan fingerprint density at radius 3 is 2.89 bits per heavy atom. The van der Waals surface area contributed by atoms with Crippen LogP contribution in [0.3, 0.4) is 0 Å². The number of nitrogens with zero attached hydrogens (tertiary/aromatic N) is 1. The van der Waals surface area contributed by atoms with Crippen molar-refractivity contribution in [3.8, 4) is 0 Å². The lowest BCUT2D eigenvalue weighted by Gasteiger charge is -2.35. The van der Waals surface area contributed by atoms with Crippen LogP contribution in [0.5, 0.6) is 0 Å². The van der Waals surface area contributed by atoms with E-state index in [0.29, 0.717) is 26.1 Å². The molecule has 18 heavy (non-hydrogen) atoms. The molecule has 0 spiro atoms. The molecule has 3 unspecified atom stereocenters. The van der Waals surface area contributed by atoms with Crippen molar-refractivity contribution in [3.63, 3.8) is 0 Å². The Kier molecular flexibility index (Phi) is 4.97. The summed E-state index contributed by atoms with van der Waals surface area (Å²) in [5.41, 5.74) is 5.83. The third kappa shape index (κ3) is 3.67. The van der Waals surface area contributed by atoms with E-state index in [2.05, 4.69) is 0 Å². The summed E-state index contributed by atoms with van der Waals surface area (Å²) in [7, 11) is 0. The van der Waals surface area contributed by atoms with E-state index in [1.165, 1.54) is 6.42 Å². The van der Waals surface area contributed by atoms with Crippen LogP contribution in [-0.4, -0.2) is 55.4 Å². The predicted molar refractivity (Wildman–Crippen MR) is 68.2 cm³/mol. The highest BCUT2D eigenvalue weighted by atomic mass is 16.5. The zero-order valence-corrected chi connectivity index (χ0v) is 11.1. The Hall–Kier alpha value is -0.650. The maximum absolute atomic E-state index is 12.2. The zero-order valence-electron chi connectivity index (χ0n) is 11.1. The first-order chi connectivity index (χ1) is 8.66. The van der Waals surface area contributed by atoms with E-state index in [0.717, 1.165) is 19.4 Å². The van der Waals surface area contributed by atoms with E-state index in [-0.39, 0.29) is 24.2 Å². The number of ether oxygens (including phenoxy) is 2. The van der Waals surface area contributed by atoms with Crippen LogP contribution in [0.2, 0.25) is 0 Å². The van der Waals surface area contributed by atoms with E-state index in [4.69, 9.17) is 15.2 Å². The first-order valence-corrected chi connectivity index (χ1v) is 6.93. The van der Waals surface area contributed by atoms with Crippen LogP contribution >= 0.6 is 0 Å². The fraction of sp³-hybridized carbons (Fsp3) is 0.923. The molecular formula is C13H24N2O3. The van der Waals surface area contributed by atoms with Gasteiger partial charge in [-0.15, -0.1) is 0 Å². The van der Waals surface area contributed by atoms with Crippen molar-refractivity contribution in [3.05, 3.63) is 0 Å². The lowest BCUT2D eigenvalue weighted by molar-refractivity contribution is -0.143. The molecule has 0 aromatic rings. The van der Waals surface area contributed by atoms with Crippen LogP contribution in [0, 0.1) is 0 Å². The number of rotatable bonds is 3. The van der Waals surface area contributed by atoms with Crippen molar-refractivity contribution in [1.29, 1.82) is 0 Å². The van der Waals surface area contributed by atoms with Crippen LogP contribution in [-0.2, 0) is 14.3 Å². The highest BCUT2D eigenvalue weighted by Crippen LogP contribution is 2.18. The predicted octanol–water partition coefficient (Wildman–Crippen LogP) is 0.520. The smallest absolute Gasteiger partial charge is 0.225 e. The summed E-state index contributed by atoms with van der Waals surface area (Å²) in [6.07, 6.45) is 3.88. The minimum atomic E-state index is -0.0356. The van der Waals surface area contributed by atoms with Gasteiger partial charge < -0.3 is 20.1 Å². The average molecular weight is 256 g/mol. The summed E-state index contributed by atoms with van der Waals surface area (Å²) in [6, 6.07) is -0.0356. The third-order valence-corrected chi connectivity index (χ3v) is 3.71. The summed E-state index contributed by atoms with van der Waals surface area (Å²) in [5.74, 6) is 0.177. The van der Waals surface area contributed by atoms with Crippen LogP contribution in [0.15, 0.2) is 0 Å². The van der Waals surface area contributed by atoms with Gasteiger partial charge in [0.05, 0.1) is 25.2 Å². The van der Waals surface area contributed by atoms with Crippen molar-refractivity contribution in [2.24, 2.45) is 5.73 Å². The van der Waals surface area contributed by atoms with Crippen molar-refractivity contribution < 1.29 is 14.3 Å². The number of carbonyl (C=O) groups excluding carboxylic acids is 1. The summed E-state index contributed by atoms with van der Waals surface area (Å²) in [5, 5.41) is 0. The minimum absolute atomic E-state index is 0.0324. The number of hydrogen-bond donors (Lipinski definition) is 1. The van der Waals surface area contributed by atoms with E-state index < -0.39 is 0 Å². The number of morpholine rings is 1. The van der Waals surface area contributed by atoms with Crippen LogP contribution in [0.4, 0.5) is 0 Å². The van der Waals surface area contributed by atoms with Crippen LogP contribution < -0.4 is 5.73 Å². The standard InChI is InChI=1S/C13H24N2O3/c1-10(14)12-9-15(5-7-18-12)13(16)8-11-4-2-3-6-17-11/h10-12H,2-9,14H2,1H3. The molecule has 5 nitrogen and oxygen atoms in total. The van der Waals surface area contributed by atoms with E-state index >= 15 is 0 Å². The highest BCUT2D eigenvalue weighted by Gasteiger charge is 2.28. The number of nitrogens with two attached hydrogens (primary N) is 1. The van der Waals surface area contributed by atoms with Gasteiger partial charge in [-0.25, -0.2) is 0 Å². The van der Waals surface area contributed by atoms with Gasteiger partial charge in [-0.1, -0.05) is 0 Å². The van der Waals surface area contributed by atoms with Crippen molar-refractivity contribution >= 4 is 5.91 Å². The monoisotopic (exact) mass is 256 g/mol. The summed E-state index contributed by atoms with van der Waals surface area (Å²) in [4.78, 5) is 14.1. The molecule has 3 atom stereocenters. The van der Waals surface area contributed by atoms with E-state index in [9.17, 15) is 4.79 Å². The van der Waals surface area contributed by atoms with Gasteiger partial charge in [0.2, 0.25) is 5.91 Å². The first-order valence-electron chi connectivity index (χ1n) is 6.93. The van der Waals surface area contributed by atoms with Crippen LogP contribution in [0.1, 0.15) is 32.6 Å². The van der Waals surface area contributed by atoms with Crippen molar-refractivity contribution in [1.82, 2.24) is 4.90 Å². The largest absolute Gasteiger partial charge is 0.378 e.